The molecule has 1 aromatic heterocycles. The van der Waals surface area contributed by atoms with Crippen molar-refractivity contribution < 1.29 is 4.74 Å². The van der Waals surface area contributed by atoms with Crippen molar-refractivity contribution >= 4 is 41.0 Å². The smallest absolute Gasteiger partial charge is 0.163 e. The molecule has 0 fully saturated rings. The van der Waals surface area contributed by atoms with E-state index in [0.29, 0.717) is 39.3 Å². The minimum absolute atomic E-state index is 0.348. The second-order valence-electron chi connectivity index (χ2n) is 6.39. The summed E-state index contributed by atoms with van der Waals surface area (Å²) in [7, 11) is 0. The quantitative estimate of drug-likeness (QED) is 0.596. The minimum atomic E-state index is -1.13. The van der Waals surface area contributed by atoms with Gasteiger partial charge in [0.05, 0.1) is 23.2 Å². The Kier molecular flexibility index (Phi) is 4.85. The molecule has 2 heterocycles. The predicted molar refractivity (Wildman–Crippen MR) is 113 cm³/mol. The molecule has 6 nitrogen and oxygen atoms in total. The zero-order chi connectivity index (χ0) is 19.7. The molecule has 0 aliphatic carbocycles. The molecule has 0 amide bonds. The van der Waals surface area contributed by atoms with Crippen LogP contribution in [0.5, 0.6) is 5.75 Å². The molecular weight excluding hydrogens is 397 g/mol. The SMILES string of the molecule is Nc1cc2c(cn1)NC=NC2(N)c1ccc(OCc2cccc(Cl)c2)c(Cl)c1. The number of aliphatic imine (C=N–C) groups is 1. The second-order valence-corrected chi connectivity index (χ2v) is 7.23. The van der Waals surface area contributed by atoms with Crippen LogP contribution < -0.4 is 21.5 Å². The van der Waals surface area contributed by atoms with Crippen molar-refractivity contribution in [3.63, 3.8) is 0 Å². The van der Waals surface area contributed by atoms with Crippen molar-refractivity contribution in [2.24, 2.45) is 10.7 Å². The summed E-state index contributed by atoms with van der Waals surface area (Å²) in [4.78, 5) is 8.52. The summed E-state index contributed by atoms with van der Waals surface area (Å²) < 4.78 is 5.83. The number of hydrogen-bond acceptors (Lipinski definition) is 6. The third-order valence-electron chi connectivity index (χ3n) is 4.48. The highest BCUT2D eigenvalue weighted by atomic mass is 35.5. The van der Waals surface area contributed by atoms with Gasteiger partial charge in [-0.05, 0) is 35.9 Å². The van der Waals surface area contributed by atoms with Crippen LogP contribution in [0.15, 0.2) is 59.7 Å². The summed E-state index contributed by atoms with van der Waals surface area (Å²) in [5, 5.41) is 4.11. The van der Waals surface area contributed by atoms with E-state index in [4.69, 9.17) is 39.4 Å². The number of aromatic nitrogens is 1. The van der Waals surface area contributed by atoms with Crippen LogP contribution in [0.3, 0.4) is 0 Å². The number of nitrogen functional groups attached to an aromatic ring is 1. The normalized spacial score (nSPS) is 17.7. The van der Waals surface area contributed by atoms with Gasteiger partial charge in [-0.3, -0.25) is 5.73 Å². The first-order valence-electron chi connectivity index (χ1n) is 8.48. The van der Waals surface area contributed by atoms with Crippen LogP contribution >= 0.6 is 23.2 Å². The number of ether oxygens (including phenoxy) is 1. The number of nitrogens with one attached hydrogen (secondary N) is 1. The van der Waals surface area contributed by atoms with Crippen molar-refractivity contribution in [1.82, 2.24) is 4.98 Å². The van der Waals surface area contributed by atoms with Crippen molar-refractivity contribution in [1.29, 1.82) is 0 Å². The van der Waals surface area contributed by atoms with Gasteiger partial charge in [0.2, 0.25) is 0 Å². The Hall–Kier alpha value is -2.80. The van der Waals surface area contributed by atoms with Gasteiger partial charge in [-0.25, -0.2) is 9.98 Å². The molecule has 8 heteroatoms. The summed E-state index contributed by atoms with van der Waals surface area (Å²) in [5.74, 6) is 0.904. The van der Waals surface area contributed by atoms with Crippen LogP contribution in [-0.4, -0.2) is 11.3 Å². The molecule has 0 radical (unpaired) electrons. The second kappa shape index (κ2) is 7.31. The maximum Gasteiger partial charge on any atom is 0.163 e. The number of anilines is 2. The van der Waals surface area contributed by atoms with E-state index < -0.39 is 5.66 Å². The van der Waals surface area contributed by atoms with Gasteiger partial charge >= 0.3 is 0 Å². The van der Waals surface area contributed by atoms with Crippen molar-refractivity contribution in [2.75, 3.05) is 11.1 Å². The maximum absolute atomic E-state index is 6.63. The fourth-order valence-corrected chi connectivity index (χ4v) is 3.50. The number of pyridine rings is 1. The molecule has 1 atom stereocenters. The van der Waals surface area contributed by atoms with Crippen LogP contribution in [0.1, 0.15) is 16.7 Å². The monoisotopic (exact) mass is 413 g/mol. The molecule has 0 spiro atoms. The van der Waals surface area contributed by atoms with Gasteiger partial charge in [0, 0.05) is 16.1 Å². The van der Waals surface area contributed by atoms with E-state index in [9.17, 15) is 0 Å². The molecule has 0 saturated heterocycles. The summed E-state index contributed by atoms with van der Waals surface area (Å²) in [6.45, 7) is 0.348. The molecule has 142 valence electrons. The van der Waals surface area contributed by atoms with Gasteiger partial charge in [-0.2, -0.15) is 0 Å². The number of nitrogens with two attached hydrogens (primary N) is 2. The predicted octanol–water partition coefficient (Wildman–Crippen LogP) is 4.16. The molecule has 1 aliphatic rings. The number of fused-ring (bicyclic) bond motifs is 1. The molecule has 3 aromatic rings. The van der Waals surface area contributed by atoms with Crippen LogP contribution in [0.2, 0.25) is 10.0 Å². The molecular formula is C20H17Cl2N5O. The van der Waals surface area contributed by atoms with E-state index in [1.165, 1.54) is 6.34 Å². The van der Waals surface area contributed by atoms with Crippen molar-refractivity contribution in [3.8, 4) is 5.75 Å². The lowest BCUT2D eigenvalue weighted by Crippen LogP contribution is -2.39. The number of rotatable bonds is 4. The minimum Gasteiger partial charge on any atom is -0.487 e. The Bertz CT molecular complexity index is 1070. The molecule has 0 bridgehead atoms. The van der Waals surface area contributed by atoms with Gasteiger partial charge in [-0.1, -0.05) is 41.4 Å². The Morgan fingerprint density at radius 2 is 1.96 bits per heavy atom. The van der Waals surface area contributed by atoms with Crippen molar-refractivity contribution in [2.45, 2.75) is 12.3 Å². The fraction of sp³-hybridized carbons (Fsp3) is 0.100. The van der Waals surface area contributed by atoms with E-state index in [1.54, 1.807) is 24.4 Å². The van der Waals surface area contributed by atoms with Gasteiger partial charge in [0.1, 0.15) is 18.2 Å². The standard InChI is InChI=1S/C20H17Cl2N5O/c21-14-3-1-2-12(6-14)10-28-18-5-4-13(7-16(18)22)20(24)15-8-19(23)25-9-17(15)26-11-27-20/h1-9,11H,10,24H2,(H2,23,25)(H,26,27). The Morgan fingerprint density at radius 1 is 1.11 bits per heavy atom. The molecule has 28 heavy (non-hydrogen) atoms. The average molecular weight is 414 g/mol. The van der Waals surface area contributed by atoms with E-state index in [-0.39, 0.29) is 0 Å². The summed E-state index contributed by atoms with van der Waals surface area (Å²) in [6.07, 6.45) is 3.17. The van der Waals surface area contributed by atoms with Gasteiger partial charge in [0.15, 0.2) is 5.66 Å². The van der Waals surface area contributed by atoms with Crippen LogP contribution in [-0.2, 0) is 12.3 Å². The zero-order valence-corrected chi connectivity index (χ0v) is 16.2. The van der Waals surface area contributed by atoms with Gasteiger partial charge < -0.3 is 15.8 Å². The molecule has 2 aromatic carbocycles. The van der Waals surface area contributed by atoms with Crippen molar-refractivity contribution in [3.05, 3.63) is 81.5 Å². The van der Waals surface area contributed by atoms with E-state index in [2.05, 4.69) is 15.3 Å². The van der Waals surface area contributed by atoms with Crippen LogP contribution in [0.4, 0.5) is 11.5 Å². The van der Waals surface area contributed by atoms with Gasteiger partial charge in [-0.15, -0.1) is 0 Å². The largest absolute Gasteiger partial charge is 0.487 e. The highest BCUT2D eigenvalue weighted by Crippen LogP contribution is 2.38. The summed E-state index contributed by atoms with van der Waals surface area (Å²) in [5.41, 5.74) is 14.4. The van der Waals surface area contributed by atoms with Crippen LogP contribution in [0.25, 0.3) is 0 Å². The third-order valence-corrected chi connectivity index (χ3v) is 5.01. The molecule has 1 aliphatic heterocycles. The molecule has 5 N–H and O–H groups in total. The highest BCUT2D eigenvalue weighted by Gasteiger charge is 2.34. The molecule has 0 saturated carbocycles. The van der Waals surface area contributed by atoms with Crippen LogP contribution in [0, 0.1) is 0 Å². The average Bonchev–Trinajstić information content (AvgIpc) is 2.68. The van der Waals surface area contributed by atoms with E-state index in [0.717, 1.165) is 11.3 Å². The Balaban J connectivity index is 1.62. The number of benzene rings is 2. The zero-order valence-electron chi connectivity index (χ0n) is 14.7. The lowest BCUT2D eigenvalue weighted by atomic mass is 9.91. The third kappa shape index (κ3) is 3.49. The maximum atomic E-state index is 6.63. The first-order chi connectivity index (χ1) is 13.5. The summed E-state index contributed by atoms with van der Waals surface area (Å²) in [6, 6.07) is 14.5. The Morgan fingerprint density at radius 3 is 2.75 bits per heavy atom. The number of nitrogens with zero attached hydrogens (tertiary/aromatic N) is 2. The number of hydrogen-bond donors (Lipinski definition) is 3. The highest BCUT2D eigenvalue weighted by molar-refractivity contribution is 6.32. The first-order valence-corrected chi connectivity index (χ1v) is 9.24. The van der Waals surface area contributed by atoms with E-state index >= 15 is 0 Å². The summed E-state index contributed by atoms with van der Waals surface area (Å²) >= 11 is 12.5. The fourth-order valence-electron chi connectivity index (χ4n) is 3.05. The molecule has 1 unspecified atom stereocenters. The lowest BCUT2D eigenvalue weighted by molar-refractivity contribution is 0.306. The number of halogens is 2. The first kappa shape index (κ1) is 18.6. The van der Waals surface area contributed by atoms with E-state index in [1.807, 2.05) is 30.3 Å². The lowest BCUT2D eigenvalue weighted by Gasteiger charge is -2.31. The molecule has 4 rings (SSSR count). The Labute approximate surface area is 172 Å². The van der Waals surface area contributed by atoms with Gasteiger partial charge in [0.25, 0.3) is 0 Å². The topological polar surface area (TPSA) is 98.5 Å².